The van der Waals surface area contributed by atoms with Crippen molar-refractivity contribution < 1.29 is 29.0 Å². The maximum Gasteiger partial charge on any atom is 0.303 e. The first kappa shape index (κ1) is 30.1. The zero-order chi connectivity index (χ0) is 27.5. The normalized spacial score (nSPS) is 13.5. The third kappa shape index (κ3) is 9.66. The number of benzene rings is 2. The van der Waals surface area contributed by atoms with E-state index in [1.807, 2.05) is 26.8 Å². The fourth-order valence-corrected chi connectivity index (χ4v) is 3.89. The first-order chi connectivity index (χ1) is 17.5. The highest BCUT2D eigenvalue weighted by molar-refractivity contribution is 6.33. The minimum atomic E-state index is -1.08. The van der Waals surface area contributed by atoms with Gasteiger partial charge in [0.25, 0.3) is 5.91 Å². The molecule has 1 aliphatic rings. The summed E-state index contributed by atoms with van der Waals surface area (Å²) in [6.07, 6.45) is 1.28. The van der Waals surface area contributed by atoms with Gasteiger partial charge in [0.15, 0.2) is 0 Å². The number of anilines is 1. The predicted molar refractivity (Wildman–Crippen MR) is 142 cm³/mol. The van der Waals surface area contributed by atoms with Crippen molar-refractivity contribution in [2.75, 3.05) is 18.4 Å². The molecule has 0 radical (unpaired) electrons. The molecule has 3 rings (SSSR count). The molecule has 5 N–H and O–H groups in total. The lowest BCUT2D eigenvalue weighted by atomic mass is 10.0. The van der Waals surface area contributed by atoms with Gasteiger partial charge in [-0.05, 0) is 73.7 Å². The summed E-state index contributed by atoms with van der Waals surface area (Å²) in [4.78, 5) is 31.6. The van der Waals surface area contributed by atoms with Crippen molar-refractivity contribution in [2.24, 2.45) is 5.92 Å². The Morgan fingerprint density at radius 3 is 2.27 bits per heavy atom. The molecule has 0 saturated carbocycles. The molecule has 1 heterocycles. The van der Waals surface area contributed by atoms with Gasteiger partial charge in [0.05, 0.1) is 29.1 Å². The van der Waals surface area contributed by atoms with Crippen LogP contribution in [0.25, 0.3) is 0 Å². The van der Waals surface area contributed by atoms with Crippen molar-refractivity contribution in [1.82, 2.24) is 10.6 Å². The molecule has 0 fully saturated rings. The fourth-order valence-electron chi connectivity index (χ4n) is 3.64. The molecule has 1 atom stereocenters. The molecule has 8 nitrogen and oxygen atoms in total. The van der Waals surface area contributed by atoms with E-state index in [1.165, 1.54) is 17.2 Å². The SMILES string of the molecule is CC(C)C(C)NC(=O)c1ccc(CNc2c(Cl)ccc3c2CCNCC3)cc1F.O=C(O)CCC(=O)O. The summed E-state index contributed by atoms with van der Waals surface area (Å²) in [6, 6.07) is 8.72. The largest absolute Gasteiger partial charge is 0.481 e. The predicted octanol–water partition coefficient (Wildman–Crippen LogP) is 4.49. The number of fused-ring (bicyclic) bond motifs is 1. The third-order valence-electron chi connectivity index (χ3n) is 6.14. The Morgan fingerprint density at radius 2 is 1.68 bits per heavy atom. The molecule has 0 spiro atoms. The lowest BCUT2D eigenvalue weighted by molar-refractivity contribution is -0.143. The summed E-state index contributed by atoms with van der Waals surface area (Å²) in [6.45, 7) is 8.25. The monoisotopic (exact) mass is 535 g/mol. The van der Waals surface area contributed by atoms with E-state index in [2.05, 4.69) is 22.0 Å². The van der Waals surface area contributed by atoms with E-state index in [9.17, 15) is 18.8 Å². The molecule has 1 aliphatic heterocycles. The van der Waals surface area contributed by atoms with Crippen LogP contribution in [0, 0.1) is 11.7 Å². The molecule has 37 heavy (non-hydrogen) atoms. The Labute approximate surface area is 221 Å². The highest BCUT2D eigenvalue weighted by Gasteiger charge is 2.17. The number of carboxylic acids is 2. The van der Waals surface area contributed by atoms with Gasteiger partial charge in [0, 0.05) is 12.6 Å². The maximum atomic E-state index is 14.6. The highest BCUT2D eigenvalue weighted by Crippen LogP contribution is 2.31. The number of hydrogen-bond acceptors (Lipinski definition) is 5. The van der Waals surface area contributed by atoms with Crippen molar-refractivity contribution in [2.45, 2.75) is 59.0 Å². The smallest absolute Gasteiger partial charge is 0.303 e. The van der Waals surface area contributed by atoms with Crippen LogP contribution in [-0.4, -0.2) is 47.2 Å². The van der Waals surface area contributed by atoms with Crippen molar-refractivity contribution in [3.05, 3.63) is 63.4 Å². The number of hydrogen-bond donors (Lipinski definition) is 5. The lowest BCUT2D eigenvalue weighted by Crippen LogP contribution is -2.36. The van der Waals surface area contributed by atoms with E-state index >= 15 is 0 Å². The average molecular weight is 536 g/mol. The molecule has 0 aliphatic carbocycles. The minimum Gasteiger partial charge on any atom is -0.481 e. The summed E-state index contributed by atoms with van der Waals surface area (Å²) < 4.78 is 14.6. The number of carbonyl (C=O) groups excluding carboxylic acids is 1. The molecule has 0 aromatic heterocycles. The van der Waals surface area contributed by atoms with Crippen LogP contribution in [0.1, 0.15) is 60.7 Å². The average Bonchev–Trinajstić information content (AvgIpc) is 3.08. The zero-order valence-corrected chi connectivity index (χ0v) is 22.1. The van der Waals surface area contributed by atoms with Gasteiger partial charge in [-0.15, -0.1) is 0 Å². The number of carboxylic acid groups (broad SMARTS) is 2. The van der Waals surface area contributed by atoms with Crippen LogP contribution in [0.15, 0.2) is 30.3 Å². The molecule has 202 valence electrons. The lowest BCUT2D eigenvalue weighted by Gasteiger charge is -2.18. The van der Waals surface area contributed by atoms with Gasteiger partial charge in [0.2, 0.25) is 0 Å². The van der Waals surface area contributed by atoms with Crippen LogP contribution in [0.4, 0.5) is 10.1 Å². The Morgan fingerprint density at radius 1 is 1.03 bits per heavy atom. The molecular weight excluding hydrogens is 501 g/mol. The molecule has 10 heteroatoms. The quantitative estimate of drug-likeness (QED) is 0.320. The molecule has 1 unspecified atom stereocenters. The third-order valence-corrected chi connectivity index (χ3v) is 6.46. The van der Waals surface area contributed by atoms with Gasteiger partial charge in [-0.2, -0.15) is 0 Å². The first-order valence-electron chi connectivity index (χ1n) is 12.3. The number of rotatable bonds is 9. The second-order valence-electron chi connectivity index (χ2n) is 9.27. The second-order valence-corrected chi connectivity index (χ2v) is 9.68. The second kappa shape index (κ2) is 14.5. The molecule has 2 aromatic carbocycles. The van der Waals surface area contributed by atoms with Crippen molar-refractivity contribution >= 4 is 35.1 Å². The van der Waals surface area contributed by atoms with E-state index in [0.717, 1.165) is 37.2 Å². The standard InChI is InChI=1S/C23H29ClFN3O.C4H6O4/c1-14(2)15(3)28-23(29)19-6-4-16(12-21(19)25)13-27-22-18-9-11-26-10-8-17(18)5-7-20(22)24;5-3(6)1-2-4(7)8/h4-7,12,14-15,26-27H,8-11,13H2,1-3H3,(H,28,29);1-2H2,(H,5,6)(H,7,8). The fraction of sp³-hybridized carbons (Fsp3) is 0.444. The van der Waals surface area contributed by atoms with Crippen LogP contribution in [0.5, 0.6) is 0 Å². The maximum absolute atomic E-state index is 14.6. The number of carbonyl (C=O) groups is 3. The summed E-state index contributed by atoms with van der Waals surface area (Å²) in [5, 5.41) is 26.1. The van der Waals surface area contributed by atoms with Crippen LogP contribution >= 0.6 is 11.6 Å². The molecule has 2 aromatic rings. The van der Waals surface area contributed by atoms with Crippen LogP contribution < -0.4 is 16.0 Å². The van der Waals surface area contributed by atoms with E-state index in [0.29, 0.717) is 11.6 Å². The Bertz CT molecular complexity index is 1100. The van der Waals surface area contributed by atoms with Gasteiger partial charge >= 0.3 is 11.9 Å². The van der Waals surface area contributed by atoms with Crippen LogP contribution in [-0.2, 0) is 29.0 Å². The highest BCUT2D eigenvalue weighted by atomic mass is 35.5. The number of aliphatic carboxylic acids is 2. The Hall–Kier alpha value is -3.17. The number of halogens is 2. The van der Waals surface area contributed by atoms with Gasteiger partial charge in [-0.1, -0.05) is 37.6 Å². The first-order valence-corrected chi connectivity index (χ1v) is 12.6. The zero-order valence-electron chi connectivity index (χ0n) is 21.4. The van der Waals surface area contributed by atoms with Crippen LogP contribution in [0.2, 0.25) is 5.02 Å². The van der Waals surface area contributed by atoms with Gasteiger partial charge < -0.3 is 26.2 Å². The number of nitrogens with one attached hydrogen (secondary N) is 3. The van der Waals surface area contributed by atoms with Crippen molar-refractivity contribution in [3.63, 3.8) is 0 Å². The van der Waals surface area contributed by atoms with Crippen molar-refractivity contribution in [1.29, 1.82) is 0 Å². The van der Waals surface area contributed by atoms with Crippen LogP contribution in [0.3, 0.4) is 0 Å². The molecule has 0 saturated heterocycles. The Balaban J connectivity index is 0.000000521. The molecular formula is C27H35ClFN3O5. The van der Waals surface area contributed by atoms with Gasteiger partial charge in [-0.3, -0.25) is 14.4 Å². The van der Waals surface area contributed by atoms with E-state index in [-0.39, 0.29) is 36.3 Å². The van der Waals surface area contributed by atoms with E-state index in [1.54, 1.807) is 12.1 Å². The Kier molecular flexibility index (Phi) is 11.8. The van der Waals surface area contributed by atoms with E-state index < -0.39 is 17.8 Å². The van der Waals surface area contributed by atoms with Gasteiger partial charge in [0.1, 0.15) is 5.82 Å². The summed E-state index contributed by atoms with van der Waals surface area (Å²) in [7, 11) is 0. The van der Waals surface area contributed by atoms with Gasteiger partial charge in [-0.25, -0.2) is 4.39 Å². The number of amides is 1. The van der Waals surface area contributed by atoms with Crippen molar-refractivity contribution in [3.8, 4) is 0 Å². The summed E-state index contributed by atoms with van der Waals surface area (Å²) in [5.74, 6) is -2.77. The van der Waals surface area contributed by atoms with E-state index in [4.69, 9.17) is 21.8 Å². The topological polar surface area (TPSA) is 128 Å². The minimum absolute atomic E-state index is 0.0202. The molecule has 1 amide bonds. The summed E-state index contributed by atoms with van der Waals surface area (Å²) in [5.41, 5.74) is 4.26. The molecule has 0 bridgehead atoms. The summed E-state index contributed by atoms with van der Waals surface area (Å²) >= 11 is 6.44.